The van der Waals surface area contributed by atoms with Crippen LogP contribution in [0.5, 0.6) is 0 Å². The van der Waals surface area contributed by atoms with Crippen LogP contribution in [0.3, 0.4) is 0 Å². The van der Waals surface area contributed by atoms with Crippen molar-refractivity contribution in [2.45, 2.75) is 39.0 Å². The zero-order valence-corrected chi connectivity index (χ0v) is 14.7. The Bertz CT molecular complexity index is 646. The van der Waals surface area contributed by atoms with Gasteiger partial charge in [0.05, 0.1) is 17.1 Å². The summed E-state index contributed by atoms with van der Waals surface area (Å²) in [5.41, 5.74) is 0.603. The number of carbonyl (C=O) groups is 1. The molecule has 0 N–H and O–H groups in total. The molecule has 0 heterocycles. The minimum absolute atomic E-state index is 0.0360. The Morgan fingerprint density at radius 2 is 1.86 bits per heavy atom. The molecule has 0 radical (unpaired) electrons. The smallest absolute Gasteiger partial charge is 0.338 e. The lowest BCUT2D eigenvalue weighted by atomic mass is 9.93. The molecule has 118 valence electrons. The number of carbonyl (C=O) groups excluding carboxylic acids is 1. The second kappa shape index (κ2) is 6.55. The molecule has 0 unspecified atom stereocenters. The molecule has 0 bridgehead atoms. The molecule has 7 heteroatoms. The van der Waals surface area contributed by atoms with Crippen molar-refractivity contribution in [2.75, 3.05) is 6.61 Å². The van der Waals surface area contributed by atoms with Gasteiger partial charge in [0, 0.05) is 15.7 Å². The molecule has 4 nitrogen and oxygen atoms in total. The van der Waals surface area contributed by atoms with E-state index >= 15 is 0 Å². The van der Waals surface area contributed by atoms with Crippen molar-refractivity contribution in [2.24, 2.45) is 5.41 Å². The fourth-order valence-electron chi connectivity index (χ4n) is 1.53. The Hall–Kier alpha value is -0.780. The van der Waals surface area contributed by atoms with Gasteiger partial charge >= 0.3 is 5.97 Å². The van der Waals surface area contributed by atoms with E-state index in [-0.39, 0.29) is 27.5 Å². The van der Waals surface area contributed by atoms with Crippen molar-refractivity contribution < 1.29 is 17.9 Å². The SMILES string of the molecule is Cc1c(Cl)cc(S(=O)(=O)Cl)cc1C(=O)OCCC(C)(C)C. The number of halogens is 2. The summed E-state index contributed by atoms with van der Waals surface area (Å²) < 4.78 is 27.9. The topological polar surface area (TPSA) is 60.4 Å². The van der Waals surface area contributed by atoms with Crippen LogP contribution in [0.4, 0.5) is 0 Å². The highest BCUT2D eigenvalue weighted by Gasteiger charge is 2.20. The molecule has 0 spiro atoms. The number of ether oxygens (including phenoxy) is 1. The zero-order chi connectivity index (χ0) is 16.4. The van der Waals surface area contributed by atoms with E-state index in [1.165, 1.54) is 12.1 Å². The van der Waals surface area contributed by atoms with Gasteiger partial charge in [-0.05, 0) is 36.5 Å². The molecule has 1 aromatic rings. The van der Waals surface area contributed by atoms with Crippen molar-refractivity contribution in [3.63, 3.8) is 0 Å². The van der Waals surface area contributed by atoms with Crippen molar-refractivity contribution in [3.05, 3.63) is 28.3 Å². The van der Waals surface area contributed by atoms with E-state index in [9.17, 15) is 13.2 Å². The second-order valence-electron chi connectivity index (χ2n) is 5.96. The molecule has 1 aromatic carbocycles. The Kier molecular flexibility index (Phi) is 5.69. The van der Waals surface area contributed by atoms with E-state index in [0.29, 0.717) is 12.0 Å². The summed E-state index contributed by atoms with van der Waals surface area (Å²) in [6.45, 7) is 7.96. The predicted octanol–water partition coefficient (Wildman–Crippen LogP) is 4.17. The quantitative estimate of drug-likeness (QED) is 0.602. The lowest BCUT2D eigenvalue weighted by molar-refractivity contribution is 0.0463. The molecule has 0 aliphatic rings. The van der Waals surface area contributed by atoms with Crippen LogP contribution in [0.25, 0.3) is 0 Å². The average Bonchev–Trinajstić information content (AvgIpc) is 2.29. The normalized spacial score (nSPS) is 12.3. The van der Waals surface area contributed by atoms with Crippen LogP contribution < -0.4 is 0 Å². The molecular weight excluding hydrogens is 335 g/mol. The van der Waals surface area contributed by atoms with Gasteiger partial charge in [-0.15, -0.1) is 0 Å². The summed E-state index contributed by atoms with van der Waals surface area (Å²) in [5, 5.41) is 0.152. The van der Waals surface area contributed by atoms with Crippen molar-refractivity contribution in [1.82, 2.24) is 0 Å². The molecule has 0 aromatic heterocycles. The van der Waals surface area contributed by atoms with Gasteiger partial charge in [-0.2, -0.15) is 0 Å². The van der Waals surface area contributed by atoms with E-state index in [0.717, 1.165) is 0 Å². The molecular formula is C14H18Cl2O4S. The van der Waals surface area contributed by atoms with Gasteiger partial charge in [0.15, 0.2) is 0 Å². The van der Waals surface area contributed by atoms with Crippen molar-refractivity contribution >= 4 is 37.3 Å². The Morgan fingerprint density at radius 1 is 1.29 bits per heavy atom. The van der Waals surface area contributed by atoms with Crippen molar-refractivity contribution in [1.29, 1.82) is 0 Å². The van der Waals surface area contributed by atoms with Crippen LogP contribution in [0.1, 0.15) is 43.1 Å². The minimum atomic E-state index is -3.96. The molecule has 21 heavy (non-hydrogen) atoms. The third-order valence-electron chi connectivity index (χ3n) is 2.90. The first-order valence-corrected chi connectivity index (χ1v) is 9.02. The summed E-state index contributed by atoms with van der Waals surface area (Å²) >= 11 is 5.94. The van der Waals surface area contributed by atoms with Crippen LogP contribution in [0, 0.1) is 12.3 Å². The molecule has 0 saturated carbocycles. The monoisotopic (exact) mass is 352 g/mol. The highest BCUT2D eigenvalue weighted by molar-refractivity contribution is 8.13. The number of hydrogen-bond donors (Lipinski definition) is 0. The maximum Gasteiger partial charge on any atom is 0.338 e. The lowest BCUT2D eigenvalue weighted by Crippen LogP contribution is -2.14. The van der Waals surface area contributed by atoms with E-state index in [2.05, 4.69) is 0 Å². The van der Waals surface area contributed by atoms with Crippen LogP contribution in [-0.2, 0) is 13.8 Å². The van der Waals surface area contributed by atoms with Gasteiger partial charge in [0.2, 0.25) is 0 Å². The van der Waals surface area contributed by atoms with Crippen LogP contribution in [0.2, 0.25) is 5.02 Å². The Morgan fingerprint density at radius 3 is 2.33 bits per heavy atom. The molecule has 1 rings (SSSR count). The summed E-state index contributed by atoms with van der Waals surface area (Å²) in [6, 6.07) is 2.40. The van der Waals surface area contributed by atoms with Gasteiger partial charge in [0.1, 0.15) is 0 Å². The number of esters is 1. The third-order valence-corrected chi connectivity index (χ3v) is 4.63. The number of hydrogen-bond acceptors (Lipinski definition) is 4. The van der Waals surface area contributed by atoms with E-state index in [1.54, 1.807) is 6.92 Å². The van der Waals surface area contributed by atoms with Gasteiger partial charge in [-0.3, -0.25) is 0 Å². The number of rotatable bonds is 4. The van der Waals surface area contributed by atoms with Gasteiger partial charge in [-0.25, -0.2) is 13.2 Å². The molecule has 0 saturated heterocycles. The first-order valence-electron chi connectivity index (χ1n) is 6.34. The van der Waals surface area contributed by atoms with E-state index in [4.69, 9.17) is 27.0 Å². The lowest BCUT2D eigenvalue weighted by Gasteiger charge is -2.18. The predicted molar refractivity (Wildman–Crippen MR) is 83.6 cm³/mol. The maximum atomic E-state index is 12.1. The van der Waals surface area contributed by atoms with Gasteiger partial charge in [-0.1, -0.05) is 32.4 Å². The number of benzene rings is 1. The second-order valence-corrected chi connectivity index (χ2v) is 8.94. The van der Waals surface area contributed by atoms with Gasteiger partial charge < -0.3 is 4.74 Å². The standard InChI is InChI=1S/C14H18Cl2O4S/c1-9-11(13(17)20-6-5-14(2,3)4)7-10(8-12(9)15)21(16,18)19/h7-8H,5-6H2,1-4H3. The maximum absolute atomic E-state index is 12.1. The van der Waals surface area contributed by atoms with Crippen molar-refractivity contribution in [3.8, 4) is 0 Å². The van der Waals surface area contributed by atoms with Crippen LogP contribution >= 0.6 is 22.3 Å². The Labute approximate surface area is 134 Å². The molecule has 0 aliphatic carbocycles. The van der Waals surface area contributed by atoms with Gasteiger partial charge in [0.25, 0.3) is 9.05 Å². The summed E-state index contributed by atoms with van der Waals surface area (Å²) in [7, 11) is 1.32. The van der Waals surface area contributed by atoms with E-state index in [1.807, 2.05) is 20.8 Å². The largest absolute Gasteiger partial charge is 0.462 e. The highest BCUT2D eigenvalue weighted by Crippen LogP contribution is 2.27. The van der Waals surface area contributed by atoms with E-state index < -0.39 is 15.0 Å². The average molecular weight is 353 g/mol. The first kappa shape index (κ1) is 18.3. The molecule has 0 atom stereocenters. The minimum Gasteiger partial charge on any atom is -0.462 e. The summed E-state index contributed by atoms with van der Waals surface area (Å²) in [4.78, 5) is 11.8. The summed E-state index contributed by atoms with van der Waals surface area (Å²) in [6.07, 6.45) is 0.693. The highest BCUT2D eigenvalue weighted by atomic mass is 35.7. The third kappa shape index (κ3) is 5.49. The summed E-state index contributed by atoms with van der Waals surface area (Å²) in [5.74, 6) is -0.610. The Balaban J connectivity index is 3.02. The van der Waals surface area contributed by atoms with Crippen LogP contribution in [0.15, 0.2) is 17.0 Å². The van der Waals surface area contributed by atoms with Crippen LogP contribution in [-0.4, -0.2) is 21.0 Å². The zero-order valence-electron chi connectivity index (χ0n) is 12.4. The fourth-order valence-corrected chi connectivity index (χ4v) is 2.60. The fraction of sp³-hybridized carbons (Fsp3) is 0.500. The first-order chi connectivity index (χ1) is 9.42. The molecule has 0 amide bonds. The molecule has 0 aliphatic heterocycles. The molecule has 0 fully saturated rings.